The van der Waals surface area contributed by atoms with Gasteiger partial charge in [0.05, 0.1) is 4.95 Å². The standard InChI is InChI=1S/C20H23Br2N3O/c1-4-25(5-2)19(26)20(22)10-14-13-7-6-8-15-17(13)12(11-23-15)9-16(14)24(3)18(20)21/h6-8,10-11,16,18,23H,4-5,9H2,1-3H3/t16-,18?,20+/m1/s1. The van der Waals surface area contributed by atoms with Crippen molar-refractivity contribution in [3.05, 3.63) is 41.6 Å². The highest BCUT2D eigenvalue weighted by Crippen LogP contribution is 2.47. The fourth-order valence-corrected chi connectivity index (χ4v) is 5.79. The molecular weight excluding hydrogens is 458 g/mol. The largest absolute Gasteiger partial charge is 0.361 e. The lowest BCUT2D eigenvalue weighted by Crippen LogP contribution is -2.59. The minimum absolute atomic E-state index is 0.106. The first-order valence-corrected chi connectivity index (χ1v) is 10.8. The van der Waals surface area contributed by atoms with Crippen molar-refractivity contribution in [2.24, 2.45) is 0 Å². The molecule has 1 aromatic heterocycles. The molecule has 2 heterocycles. The third-order valence-corrected chi connectivity index (χ3v) is 8.79. The number of rotatable bonds is 3. The minimum atomic E-state index is -0.782. The molecule has 1 aliphatic heterocycles. The van der Waals surface area contributed by atoms with Gasteiger partial charge in [0.15, 0.2) is 0 Å². The Morgan fingerprint density at radius 3 is 2.81 bits per heavy atom. The highest BCUT2D eigenvalue weighted by Gasteiger charge is 2.51. The van der Waals surface area contributed by atoms with Crippen LogP contribution in [0.5, 0.6) is 0 Å². The molecule has 3 atom stereocenters. The number of carbonyl (C=O) groups excluding carboxylic acids is 1. The van der Waals surface area contributed by atoms with Crippen molar-refractivity contribution >= 4 is 54.2 Å². The Bertz CT molecular complexity index is 902. The van der Waals surface area contributed by atoms with Crippen LogP contribution >= 0.6 is 31.9 Å². The Hall–Kier alpha value is -1.11. The van der Waals surface area contributed by atoms with Crippen LogP contribution in [0, 0.1) is 0 Å². The molecule has 0 saturated carbocycles. The van der Waals surface area contributed by atoms with E-state index >= 15 is 0 Å². The lowest BCUT2D eigenvalue weighted by Gasteiger charge is -2.47. The molecule has 2 aromatic rings. The number of aromatic amines is 1. The molecule has 1 amide bonds. The summed E-state index contributed by atoms with van der Waals surface area (Å²) in [5.74, 6) is 0.106. The average molecular weight is 481 g/mol. The van der Waals surface area contributed by atoms with E-state index in [0.717, 1.165) is 11.9 Å². The SMILES string of the molecule is CCN(CC)C(=O)[C@]1(Br)C=C2c3cccc4[nH]cc(c34)C[C@H]2N(C)C1Br. The molecule has 0 fully saturated rings. The summed E-state index contributed by atoms with van der Waals surface area (Å²) < 4.78 is -0.782. The number of carbonyl (C=O) groups is 1. The summed E-state index contributed by atoms with van der Waals surface area (Å²) in [4.78, 5) is 20.8. The van der Waals surface area contributed by atoms with Gasteiger partial charge in [-0.25, -0.2) is 0 Å². The summed E-state index contributed by atoms with van der Waals surface area (Å²) in [5, 5.41) is 1.29. The molecule has 26 heavy (non-hydrogen) atoms. The number of likely N-dealkylation sites (N-methyl/N-ethyl adjacent to an activating group) is 1. The first-order chi connectivity index (χ1) is 12.4. The molecule has 1 aromatic carbocycles. The summed E-state index contributed by atoms with van der Waals surface area (Å²) in [6.07, 6.45) is 5.23. The van der Waals surface area contributed by atoms with Crippen molar-refractivity contribution in [2.45, 2.75) is 35.6 Å². The highest BCUT2D eigenvalue weighted by atomic mass is 79.9. The maximum atomic E-state index is 13.3. The Balaban J connectivity index is 1.90. The van der Waals surface area contributed by atoms with E-state index in [4.69, 9.17) is 0 Å². The monoisotopic (exact) mass is 479 g/mol. The van der Waals surface area contributed by atoms with E-state index in [-0.39, 0.29) is 16.9 Å². The van der Waals surface area contributed by atoms with E-state index in [9.17, 15) is 4.79 Å². The Morgan fingerprint density at radius 1 is 1.38 bits per heavy atom. The fraction of sp³-hybridized carbons (Fsp3) is 0.450. The molecular formula is C20H23Br2N3O. The van der Waals surface area contributed by atoms with Gasteiger partial charge in [-0.15, -0.1) is 0 Å². The second-order valence-electron chi connectivity index (χ2n) is 7.11. The van der Waals surface area contributed by atoms with Crippen molar-refractivity contribution in [3.63, 3.8) is 0 Å². The van der Waals surface area contributed by atoms with E-state index in [1.165, 1.54) is 22.1 Å². The summed E-state index contributed by atoms with van der Waals surface area (Å²) in [6, 6.07) is 6.63. The van der Waals surface area contributed by atoms with Crippen molar-refractivity contribution in [3.8, 4) is 0 Å². The number of nitrogens with zero attached hydrogens (tertiary/aromatic N) is 2. The van der Waals surface area contributed by atoms with Gasteiger partial charge >= 0.3 is 0 Å². The van der Waals surface area contributed by atoms with Crippen molar-refractivity contribution < 1.29 is 4.79 Å². The van der Waals surface area contributed by atoms with Crippen molar-refractivity contribution in [1.29, 1.82) is 0 Å². The van der Waals surface area contributed by atoms with E-state index in [1.54, 1.807) is 0 Å². The summed E-state index contributed by atoms with van der Waals surface area (Å²) in [7, 11) is 2.10. The van der Waals surface area contributed by atoms with Crippen LogP contribution in [0.1, 0.15) is 25.0 Å². The van der Waals surface area contributed by atoms with Crippen LogP contribution < -0.4 is 0 Å². The van der Waals surface area contributed by atoms with Crippen LogP contribution in [0.15, 0.2) is 30.5 Å². The first-order valence-electron chi connectivity index (χ1n) is 9.08. The second kappa shape index (κ2) is 6.50. The molecule has 6 heteroatoms. The number of alkyl halides is 2. The summed E-state index contributed by atoms with van der Waals surface area (Å²) in [5.41, 5.74) is 4.98. The molecule has 138 valence electrons. The second-order valence-corrected chi connectivity index (χ2v) is 9.29. The topological polar surface area (TPSA) is 39.3 Å². The number of hydrogen-bond donors (Lipinski definition) is 1. The molecule has 2 aliphatic rings. The molecule has 1 N–H and O–H groups in total. The lowest BCUT2D eigenvalue weighted by molar-refractivity contribution is -0.132. The maximum absolute atomic E-state index is 13.3. The normalized spacial score (nSPS) is 28.0. The van der Waals surface area contributed by atoms with Crippen LogP contribution in [0.25, 0.3) is 16.5 Å². The van der Waals surface area contributed by atoms with Gasteiger partial charge in [-0.1, -0.05) is 50.1 Å². The Morgan fingerprint density at radius 2 is 2.12 bits per heavy atom. The maximum Gasteiger partial charge on any atom is 0.245 e. The van der Waals surface area contributed by atoms with E-state index < -0.39 is 4.32 Å². The van der Waals surface area contributed by atoms with E-state index in [2.05, 4.69) is 79.3 Å². The third kappa shape index (κ3) is 2.45. The zero-order valence-corrected chi connectivity index (χ0v) is 18.4. The van der Waals surface area contributed by atoms with Crippen LogP contribution in [0.3, 0.4) is 0 Å². The quantitative estimate of drug-likeness (QED) is 0.529. The fourth-order valence-electron chi connectivity index (χ4n) is 4.36. The Kier molecular flexibility index (Phi) is 4.56. The van der Waals surface area contributed by atoms with Crippen molar-refractivity contribution in [1.82, 2.24) is 14.8 Å². The first kappa shape index (κ1) is 18.3. The number of hydrogen-bond acceptors (Lipinski definition) is 2. The average Bonchev–Trinajstić information content (AvgIpc) is 3.06. The Labute approximate surface area is 170 Å². The number of benzene rings is 1. The molecule has 1 unspecified atom stereocenters. The summed E-state index contributed by atoms with van der Waals surface area (Å²) in [6.45, 7) is 5.46. The van der Waals surface area contributed by atoms with Crippen LogP contribution in [0.2, 0.25) is 0 Å². The number of aromatic nitrogens is 1. The van der Waals surface area contributed by atoms with Gasteiger partial charge in [0.25, 0.3) is 0 Å². The zero-order chi connectivity index (χ0) is 18.6. The minimum Gasteiger partial charge on any atom is -0.361 e. The van der Waals surface area contributed by atoms with Crippen LogP contribution in [0.4, 0.5) is 0 Å². The molecule has 0 radical (unpaired) electrons. The molecule has 4 rings (SSSR count). The highest BCUT2D eigenvalue weighted by molar-refractivity contribution is 9.13. The lowest BCUT2D eigenvalue weighted by atomic mass is 9.79. The molecule has 4 nitrogen and oxygen atoms in total. The molecule has 1 aliphatic carbocycles. The van der Waals surface area contributed by atoms with Gasteiger partial charge < -0.3 is 9.88 Å². The van der Waals surface area contributed by atoms with Gasteiger partial charge in [-0.2, -0.15) is 0 Å². The van der Waals surface area contributed by atoms with Gasteiger partial charge in [-0.3, -0.25) is 9.69 Å². The van der Waals surface area contributed by atoms with E-state index in [1.807, 2.05) is 18.7 Å². The zero-order valence-electron chi connectivity index (χ0n) is 15.2. The molecule has 0 saturated heterocycles. The number of amides is 1. The van der Waals surface area contributed by atoms with Crippen molar-refractivity contribution in [2.75, 3.05) is 20.1 Å². The predicted molar refractivity (Wildman–Crippen MR) is 114 cm³/mol. The molecule has 0 bridgehead atoms. The predicted octanol–water partition coefficient (Wildman–Crippen LogP) is 4.14. The number of nitrogens with one attached hydrogen (secondary N) is 1. The number of H-pyrrole nitrogens is 1. The van der Waals surface area contributed by atoms with Crippen LogP contribution in [-0.4, -0.2) is 56.1 Å². The van der Waals surface area contributed by atoms with E-state index in [0.29, 0.717) is 13.1 Å². The number of halogens is 2. The third-order valence-electron chi connectivity index (χ3n) is 5.81. The van der Waals surface area contributed by atoms with Gasteiger partial charge in [0, 0.05) is 36.2 Å². The number of fused-ring (bicyclic) bond motifs is 2. The summed E-state index contributed by atoms with van der Waals surface area (Å²) >= 11 is 7.64. The smallest absolute Gasteiger partial charge is 0.245 e. The van der Waals surface area contributed by atoms with Gasteiger partial charge in [-0.05, 0) is 50.1 Å². The molecule has 0 spiro atoms. The van der Waals surface area contributed by atoms with Gasteiger partial charge in [0.1, 0.15) is 4.32 Å². The van der Waals surface area contributed by atoms with Crippen LogP contribution in [-0.2, 0) is 11.2 Å². The van der Waals surface area contributed by atoms with Gasteiger partial charge in [0.2, 0.25) is 5.91 Å².